The maximum Gasteiger partial charge on any atom is 0.224 e. The molecule has 0 fully saturated rings. The molecule has 2 N–H and O–H groups in total. The van der Waals surface area contributed by atoms with Crippen molar-refractivity contribution in [3.8, 4) is 0 Å². The van der Waals surface area contributed by atoms with Crippen molar-refractivity contribution in [1.29, 1.82) is 0 Å². The number of amides is 1. The van der Waals surface area contributed by atoms with E-state index in [0.717, 1.165) is 0 Å². The Labute approximate surface area is 122 Å². The summed E-state index contributed by atoms with van der Waals surface area (Å²) in [5.74, 6) is 0.421. The molecule has 0 bridgehead atoms. The Morgan fingerprint density at radius 3 is 2.76 bits per heavy atom. The topological polar surface area (TPSA) is 62.5 Å². The van der Waals surface area contributed by atoms with Gasteiger partial charge in [0.05, 0.1) is 13.0 Å². The van der Waals surface area contributed by atoms with Gasteiger partial charge in [-0.05, 0) is 43.7 Å². The number of aliphatic hydroxyl groups is 1. The van der Waals surface area contributed by atoms with Crippen LogP contribution in [-0.2, 0) is 16.8 Å². The van der Waals surface area contributed by atoms with Crippen LogP contribution in [0.15, 0.2) is 40.8 Å². The van der Waals surface area contributed by atoms with E-state index in [1.54, 1.807) is 38.1 Å². The minimum absolute atomic E-state index is 0.0219. The predicted octanol–water partition coefficient (Wildman–Crippen LogP) is 2.29. The molecule has 1 unspecified atom stereocenters. The number of nitrogens with one attached hydrogen (secondary N) is 1. The fourth-order valence-electron chi connectivity index (χ4n) is 1.98. The molecule has 2 rings (SSSR count). The third-order valence-corrected chi connectivity index (χ3v) is 3.15. The maximum atomic E-state index is 13.0. The highest BCUT2D eigenvalue weighted by molar-refractivity contribution is 5.78. The van der Waals surface area contributed by atoms with Gasteiger partial charge in [-0.3, -0.25) is 4.79 Å². The average molecular weight is 291 g/mol. The van der Waals surface area contributed by atoms with E-state index in [9.17, 15) is 14.3 Å². The lowest BCUT2D eigenvalue weighted by Gasteiger charge is -2.21. The number of hydrogen-bond acceptors (Lipinski definition) is 3. The van der Waals surface area contributed by atoms with E-state index < -0.39 is 5.60 Å². The first-order chi connectivity index (χ1) is 9.87. The van der Waals surface area contributed by atoms with Gasteiger partial charge in [0.1, 0.15) is 22.9 Å². The molecule has 0 saturated heterocycles. The van der Waals surface area contributed by atoms with Crippen molar-refractivity contribution in [2.75, 3.05) is 6.54 Å². The molecule has 0 radical (unpaired) electrons. The van der Waals surface area contributed by atoms with Gasteiger partial charge in [0.15, 0.2) is 0 Å². The van der Waals surface area contributed by atoms with E-state index in [1.165, 1.54) is 12.1 Å². The highest BCUT2D eigenvalue weighted by Crippen LogP contribution is 2.21. The van der Waals surface area contributed by atoms with Crippen LogP contribution < -0.4 is 5.32 Å². The Hall–Kier alpha value is -2.14. The fourth-order valence-corrected chi connectivity index (χ4v) is 1.98. The first-order valence-corrected chi connectivity index (χ1v) is 6.67. The highest BCUT2D eigenvalue weighted by Gasteiger charge is 2.27. The average Bonchev–Trinajstić information content (AvgIpc) is 2.84. The highest BCUT2D eigenvalue weighted by atomic mass is 19.1. The molecule has 2 aromatic rings. The normalized spacial score (nSPS) is 13.7. The van der Waals surface area contributed by atoms with Crippen molar-refractivity contribution in [2.24, 2.45) is 0 Å². The number of halogens is 1. The van der Waals surface area contributed by atoms with Crippen LogP contribution in [0.3, 0.4) is 0 Å². The van der Waals surface area contributed by atoms with Gasteiger partial charge in [-0.2, -0.15) is 0 Å². The van der Waals surface area contributed by atoms with Gasteiger partial charge in [0.2, 0.25) is 5.91 Å². The van der Waals surface area contributed by atoms with Crippen molar-refractivity contribution in [1.82, 2.24) is 5.32 Å². The fraction of sp³-hybridized carbons (Fsp3) is 0.312. The van der Waals surface area contributed by atoms with Crippen LogP contribution in [0.25, 0.3) is 0 Å². The number of carbonyl (C=O) groups excluding carboxylic acids is 1. The van der Waals surface area contributed by atoms with E-state index in [2.05, 4.69) is 5.32 Å². The van der Waals surface area contributed by atoms with E-state index in [4.69, 9.17) is 4.42 Å². The maximum absolute atomic E-state index is 13.0. The van der Waals surface area contributed by atoms with E-state index >= 15 is 0 Å². The number of aryl methyl sites for hydroxylation is 1. The van der Waals surface area contributed by atoms with Crippen LogP contribution in [0, 0.1) is 12.7 Å². The molecule has 1 heterocycles. The van der Waals surface area contributed by atoms with Gasteiger partial charge in [0.25, 0.3) is 0 Å². The molecule has 21 heavy (non-hydrogen) atoms. The number of carbonyl (C=O) groups is 1. The summed E-state index contributed by atoms with van der Waals surface area (Å²) >= 11 is 0. The Bertz CT molecular complexity index is 634. The summed E-state index contributed by atoms with van der Waals surface area (Å²) in [4.78, 5) is 11.8. The minimum atomic E-state index is -1.29. The molecule has 0 saturated carbocycles. The second kappa shape index (κ2) is 6.10. The van der Waals surface area contributed by atoms with Crippen LogP contribution in [0.1, 0.15) is 24.0 Å². The smallest absolute Gasteiger partial charge is 0.224 e. The van der Waals surface area contributed by atoms with Gasteiger partial charge in [-0.15, -0.1) is 0 Å². The van der Waals surface area contributed by atoms with Crippen LogP contribution in [0.2, 0.25) is 0 Å². The zero-order valence-electron chi connectivity index (χ0n) is 12.0. The molecule has 0 spiro atoms. The van der Waals surface area contributed by atoms with Crippen LogP contribution in [0.5, 0.6) is 0 Å². The molecule has 112 valence electrons. The van der Waals surface area contributed by atoms with Crippen LogP contribution >= 0.6 is 0 Å². The summed E-state index contributed by atoms with van der Waals surface area (Å²) in [5, 5.41) is 12.9. The lowest BCUT2D eigenvalue weighted by Crippen LogP contribution is -2.39. The number of hydrogen-bond donors (Lipinski definition) is 2. The largest absolute Gasteiger partial charge is 0.463 e. The molecule has 0 aliphatic rings. The van der Waals surface area contributed by atoms with E-state index in [0.29, 0.717) is 17.1 Å². The summed E-state index contributed by atoms with van der Waals surface area (Å²) in [6.07, 6.45) is 0.0605. The molecule has 5 heteroatoms. The van der Waals surface area contributed by atoms with Crippen molar-refractivity contribution < 1.29 is 18.7 Å². The Morgan fingerprint density at radius 2 is 2.14 bits per heavy atom. The Balaban J connectivity index is 1.91. The lowest BCUT2D eigenvalue weighted by atomic mass is 10.0. The second-order valence-electron chi connectivity index (χ2n) is 5.27. The van der Waals surface area contributed by atoms with Crippen molar-refractivity contribution >= 4 is 5.91 Å². The summed E-state index contributed by atoms with van der Waals surface area (Å²) in [6.45, 7) is 3.37. The molecule has 1 aromatic heterocycles. The zero-order valence-corrected chi connectivity index (χ0v) is 12.0. The van der Waals surface area contributed by atoms with Crippen molar-refractivity contribution in [2.45, 2.75) is 25.9 Å². The van der Waals surface area contributed by atoms with Gasteiger partial charge >= 0.3 is 0 Å². The Kier molecular flexibility index (Phi) is 4.43. The van der Waals surface area contributed by atoms with E-state index in [-0.39, 0.29) is 24.7 Å². The first kappa shape index (κ1) is 15.3. The van der Waals surface area contributed by atoms with Gasteiger partial charge < -0.3 is 14.8 Å². The summed E-state index contributed by atoms with van der Waals surface area (Å²) in [5.41, 5.74) is -0.702. The molecular weight excluding hydrogens is 273 g/mol. The summed E-state index contributed by atoms with van der Waals surface area (Å²) in [7, 11) is 0. The monoisotopic (exact) mass is 291 g/mol. The van der Waals surface area contributed by atoms with Crippen LogP contribution in [0.4, 0.5) is 4.39 Å². The lowest BCUT2D eigenvalue weighted by molar-refractivity contribution is -0.121. The number of benzene rings is 1. The molecule has 1 atom stereocenters. The predicted molar refractivity (Wildman–Crippen MR) is 76.1 cm³/mol. The van der Waals surface area contributed by atoms with Crippen LogP contribution in [-0.4, -0.2) is 17.6 Å². The molecule has 1 amide bonds. The number of furan rings is 1. The SMILES string of the molecule is Cc1ccc(C(C)(O)CNC(=O)Cc2cccc(F)c2)o1. The zero-order chi connectivity index (χ0) is 15.5. The van der Waals surface area contributed by atoms with Gasteiger partial charge in [0, 0.05) is 0 Å². The second-order valence-corrected chi connectivity index (χ2v) is 5.27. The molecular formula is C16H18FNO3. The number of rotatable bonds is 5. The van der Waals surface area contributed by atoms with Crippen molar-refractivity contribution in [3.63, 3.8) is 0 Å². The molecule has 1 aromatic carbocycles. The van der Waals surface area contributed by atoms with E-state index in [1.807, 2.05) is 0 Å². The van der Waals surface area contributed by atoms with Crippen molar-refractivity contribution in [3.05, 3.63) is 59.3 Å². The molecule has 0 aliphatic heterocycles. The quantitative estimate of drug-likeness (QED) is 0.888. The molecule has 0 aliphatic carbocycles. The van der Waals surface area contributed by atoms with Gasteiger partial charge in [-0.1, -0.05) is 12.1 Å². The third kappa shape index (κ3) is 4.16. The summed E-state index contributed by atoms with van der Waals surface area (Å²) < 4.78 is 18.4. The first-order valence-electron chi connectivity index (χ1n) is 6.67. The standard InChI is InChI=1S/C16H18FNO3/c1-11-6-7-14(21-11)16(2,20)10-18-15(19)9-12-4-3-5-13(17)8-12/h3-8,20H,9-10H2,1-2H3,(H,18,19). The molecule has 4 nitrogen and oxygen atoms in total. The third-order valence-electron chi connectivity index (χ3n) is 3.15. The summed E-state index contributed by atoms with van der Waals surface area (Å²) in [6, 6.07) is 9.29. The Morgan fingerprint density at radius 1 is 1.38 bits per heavy atom. The minimum Gasteiger partial charge on any atom is -0.463 e. The van der Waals surface area contributed by atoms with Gasteiger partial charge in [-0.25, -0.2) is 4.39 Å².